The van der Waals surface area contributed by atoms with Crippen LogP contribution in [0.15, 0.2) is 182 Å². The number of hydrogen-bond donors (Lipinski definition) is 0. The second-order valence-corrected chi connectivity index (χ2v) is 11.4. The lowest BCUT2D eigenvalue weighted by Crippen LogP contribution is -1.99. The van der Waals surface area contributed by atoms with E-state index in [9.17, 15) is 0 Å². The summed E-state index contributed by atoms with van der Waals surface area (Å²) in [5, 5.41) is 0. The first-order valence-electron chi connectivity index (χ1n) is 15.6. The van der Waals surface area contributed by atoms with Crippen LogP contribution in [0.4, 0.5) is 0 Å². The van der Waals surface area contributed by atoms with Crippen LogP contribution in [0.2, 0.25) is 0 Å². The lowest BCUT2D eigenvalue weighted by atomic mass is 9.94. The normalized spacial score (nSPS) is 11.0. The quantitative estimate of drug-likeness (QED) is 0.194. The van der Waals surface area contributed by atoms with E-state index >= 15 is 0 Å². The van der Waals surface area contributed by atoms with Gasteiger partial charge >= 0.3 is 0 Å². The molecule has 0 bridgehead atoms. The summed E-state index contributed by atoms with van der Waals surface area (Å²) in [5.74, 6) is 0. The Balaban J connectivity index is 1.35. The van der Waals surface area contributed by atoms with Crippen LogP contribution in [0.5, 0.6) is 0 Å². The maximum Gasteiger partial charge on any atom is 0.0979 e. The maximum absolute atomic E-state index is 5.47. The molecule has 0 aliphatic carbocycles. The van der Waals surface area contributed by atoms with Crippen molar-refractivity contribution in [2.45, 2.75) is 0 Å². The molecule has 8 aromatic rings. The van der Waals surface area contributed by atoms with E-state index in [2.05, 4.69) is 158 Å². The molecule has 0 aliphatic heterocycles. The summed E-state index contributed by atoms with van der Waals surface area (Å²) in [7, 11) is 0. The van der Waals surface area contributed by atoms with E-state index in [-0.39, 0.29) is 0 Å². The summed E-state index contributed by atoms with van der Waals surface area (Å²) in [6.45, 7) is 0. The van der Waals surface area contributed by atoms with Crippen molar-refractivity contribution in [3.63, 3.8) is 0 Å². The predicted octanol–water partition coefficient (Wildman–Crippen LogP) is 11.6. The zero-order valence-electron chi connectivity index (χ0n) is 25.2. The molecule has 0 saturated heterocycles. The standard InChI is InChI=1S/C44H30N2/c1-5-13-31(14-6-1)33-21-25-35(26-22-33)39-29-30-40(36-27-23-34(24-28-36)32-15-7-2-8-16-32)44-43(39)45-41(37-17-9-3-10-18-37)42(46-44)38-19-11-4-12-20-38/h1-30H. The van der Waals surface area contributed by atoms with Crippen LogP contribution in [0.3, 0.4) is 0 Å². The second-order valence-electron chi connectivity index (χ2n) is 11.4. The van der Waals surface area contributed by atoms with Crippen molar-refractivity contribution in [3.8, 4) is 67.0 Å². The van der Waals surface area contributed by atoms with Gasteiger partial charge in [-0.1, -0.05) is 182 Å². The van der Waals surface area contributed by atoms with Crippen LogP contribution >= 0.6 is 0 Å². The Morgan fingerprint density at radius 2 is 0.478 bits per heavy atom. The summed E-state index contributed by atoms with van der Waals surface area (Å²) in [5.41, 5.74) is 14.7. The molecule has 0 amide bonds. The molecule has 0 unspecified atom stereocenters. The smallest absolute Gasteiger partial charge is 0.0979 e. The molecule has 0 radical (unpaired) electrons. The minimum Gasteiger partial charge on any atom is -0.243 e. The monoisotopic (exact) mass is 586 g/mol. The van der Waals surface area contributed by atoms with E-state index in [0.717, 1.165) is 55.8 Å². The minimum absolute atomic E-state index is 0.873. The van der Waals surface area contributed by atoms with Crippen molar-refractivity contribution in [3.05, 3.63) is 182 Å². The van der Waals surface area contributed by atoms with Gasteiger partial charge in [0.15, 0.2) is 0 Å². The van der Waals surface area contributed by atoms with E-state index in [1.165, 1.54) is 22.3 Å². The lowest BCUT2D eigenvalue weighted by Gasteiger charge is -2.16. The topological polar surface area (TPSA) is 25.8 Å². The average molecular weight is 587 g/mol. The van der Waals surface area contributed by atoms with Gasteiger partial charge in [0.05, 0.1) is 22.4 Å². The van der Waals surface area contributed by atoms with Gasteiger partial charge in [-0.3, -0.25) is 0 Å². The Morgan fingerprint density at radius 3 is 0.804 bits per heavy atom. The summed E-state index contributed by atoms with van der Waals surface area (Å²) in [6.07, 6.45) is 0. The lowest BCUT2D eigenvalue weighted by molar-refractivity contribution is 1.29. The van der Waals surface area contributed by atoms with Gasteiger partial charge in [0.1, 0.15) is 0 Å². The van der Waals surface area contributed by atoms with Gasteiger partial charge in [-0.25, -0.2) is 9.97 Å². The van der Waals surface area contributed by atoms with E-state index < -0.39 is 0 Å². The second kappa shape index (κ2) is 12.1. The number of nitrogens with zero attached hydrogens (tertiary/aromatic N) is 2. The molecule has 8 rings (SSSR count). The third-order valence-corrected chi connectivity index (χ3v) is 8.52. The van der Waals surface area contributed by atoms with Crippen molar-refractivity contribution < 1.29 is 0 Å². The molecule has 46 heavy (non-hydrogen) atoms. The van der Waals surface area contributed by atoms with Crippen LogP contribution in [0.1, 0.15) is 0 Å². The van der Waals surface area contributed by atoms with Crippen molar-refractivity contribution in [1.29, 1.82) is 0 Å². The first kappa shape index (κ1) is 27.4. The third kappa shape index (κ3) is 5.27. The minimum atomic E-state index is 0.873. The Kier molecular flexibility index (Phi) is 7.22. The number of fused-ring (bicyclic) bond motifs is 1. The first-order chi connectivity index (χ1) is 22.8. The first-order valence-corrected chi connectivity index (χ1v) is 15.6. The maximum atomic E-state index is 5.47. The molecular formula is C44H30N2. The third-order valence-electron chi connectivity index (χ3n) is 8.52. The highest BCUT2D eigenvalue weighted by Gasteiger charge is 2.19. The molecule has 7 aromatic carbocycles. The molecule has 2 heteroatoms. The molecule has 0 spiro atoms. The number of aromatic nitrogens is 2. The molecule has 0 aliphatic rings. The van der Waals surface area contributed by atoms with Crippen molar-refractivity contribution >= 4 is 11.0 Å². The molecule has 1 heterocycles. The van der Waals surface area contributed by atoms with Gasteiger partial charge in [0.25, 0.3) is 0 Å². The van der Waals surface area contributed by atoms with Gasteiger partial charge in [0, 0.05) is 22.3 Å². The Morgan fingerprint density at radius 1 is 0.217 bits per heavy atom. The van der Waals surface area contributed by atoms with E-state index in [0.29, 0.717) is 0 Å². The highest BCUT2D eigenvalue weighted by Crippen LogP contribution is 2.39. The molecular weight excluding hydrogens is 556 g/mol. The number of rotatable bonds is 6. The zero-order chi connectivity index (χ0) is 30.7. The van der Waals surface area contributed by atoms with E-state index in [1.807, 2.05) is 24.3 Å². The van der Waals surface area contributed by atoms with Crippen LogP contribution < -0.4 is 0 Å². The number of hydrogen-bond acceptors (Lipinski definition) is 2. The summed E-state index contributed by atoms with van der Waals surface area (Å²) in [4.78, 5) is 10.9. The van der Waals surface area contributed by atoms with Gasteiger partial charge in [-0.2, -0.15) is 0 Å². The van der Waals surface area contributed by atoms with Crippen molar-refractivity contribution in [2.24, 2.45) is 0 Å². The Hall–Kier alpha value is -6.12. The molecule has 0 atom stereocenters. The molecule has 0 fully saturated rings. The predicted molar refractivity (Wildman–Crippen MR) is 192 cm³/mol. The van der Waals surface area contributed by atoms with Crippen molar-refractivity contribution in [1.82, 2.24) is 9.97 Å². The highest BCUT2D eigenvalue weighted by atomic mass is 14.8. The molecule has 2 nitrogen and oxygen atoms in total. The summed E-state index contributed by atoms with van der Waals surface area (Å²) < 4.78 is 0. The fourth-order valence-corrected chi connectivity index (χ4v) is 6.14. The molecule has 0 N–H and O–H groups in total. The Labute approximate surface area is 269 Å². The van der Waals surface area contributed by atoms with E-state index in [4.69, 9.17) is 9.97 Å². The largest absolute Gasteiger partial charge is 0.243 e. The van der Waals surface area contributed by atoms with Crippen molar-refractivity contribution in [2.75, 3.05) is 0 Å². The fourth-order valence-electron chi connectivity index (χ4n) is 6.14. The van der Waals surface area contributed by atoms with Crippen LogP contribution in [-0.2, 0) is 0 Å². The van der Waals surface area contributed by atoms with Crippen LogP contribution in [-0.4, -0.2) is 9.97 Å². The Bertz CT molecular complexity index is 2080. The summed E-state index contributed by atoms with van der Waals surface area (Å²) >= 11 is 0. The zero-order valence-corrected chi connectivity index (χ0v) is 25.2. The molecule has 216 valence electrons. The van der Waals surface area contributed by atoms with Gasteiger partial charge in [-0.05, 0) is 33.4 Å². The van der Waals surface area contributed by atoms with Gasteiger partial charge < -0.3 is 0 Å². The number of benzene rings is 7. The average Bonchev–Trinajstić information content (AvgIpc) is 3.15. The van der Waals surface area contributed by atoms with Crippen LogP contribution in [0, 0.1) is 0 Å². The van der Waals surface area contributed by atoms with Gasteiger partial charge in [-0.15, -0.1) is 0 Å². The van der Waals surface area contributed by atoms with Gasteiger partial charge in [0.2, 0.25) is 0 Å². The highest BCUT2D eigenvalue weighted by molar-refractivity contribution is 6.03. The SMILES string of the molecule is c1ccc(-c2ccc(-c3ccc(-c4ccc(-c5ccccc5)cc4)c4nc(-c5ccccc5)c(-c5ccccc5)nc34)cc2)cc1. The molecule has 0 saturated carbocycles. The summed E-state index contributed by atoms with van der Waals surface area (Å²) in [6, 6.07) is 63.7. The fraction of sp³-hybridized carbons (Fsp3) is 0. The molecule has 1 aromatic heterocycles. The van der Waals surface area contributed by atoms with E-state index in [1.54, 1.807) is 0 Å². The van der Waals surface area contributed by atoms with Crippen LogP contribution in [0.25, 0.3) is 78.1 Å².